The van der Waals surface area contributed by atoms with Crippen LogP contribution in [0.2, 0.25) is 0 Å². The highest BCUT2D eigenvalue weighted by atomic mass is 32.2. The van der Waals surface area contributed by atoms with E-state index < -0.39 is 16.1 Å². The second kappa shape index (κ2) is 6.31. The lowest BCUT2D eigenvalue weighted by Gasteiger charge is -2.34. The van der Waals surface area contributed by atoms with Gasteiger partial charge < -0.3 is 9.64 Å². The molecule has 0 aliphatic carbocycles. The van der Waals surface area contributed by atoms with Gasteiger partial charge in [-0.25, -0.2) is 8.42 Å². The molecule has 2 heterocycles. The summed E-state index contributed by atoms with van der Waals surface area (Å²) in [6, 6.07) is -0.614. The highest BCUT2D eigenvalue weighted by Crippen LogP contribution is 2.25. The molecular weight excluding hydrogens is 296 g/mol. The first-order valence-corrected chi connectivity index (χ1v) is 9.03. The fraction of sp³-hybridized carbons (Fsp3) is 0.846. The van der Waals surface area contributed by atoms with Crippen molar-refractivity contribution in [3.63, 3.8) is 0 Å². The summed E-state index contributed by atoms with van der Waals surface area (Å²) in [4.78, 5) is 25.8. The summed E-state index contributed by atoms with van der Waals surface area (Å²) >= 11 is 0. The molecule has 0 aromatic rings. The number of likely N-dealkylation sites (tertiary alicyclic amines) is 1. The minimum absolute atomic E-state index is 0.188. The van der Waals surface area contributed by atoms with Gasteiger partial charge in [0.15, 0.2) is 0 Å². The summed E-state index contributed by atoms with van der Waals surface area (Å²) in [6.45, 7) is 1.28. The number of hydrogen-bond acceptors (Lipinski definition) is 5. The summed E-state index contributed by atoms with van der Waals surface area (Å²) in [7, 11) is -2.04. The van der Waals surface area contributed by atoms with Crippen LogP contribution in [0.25, 0.3) is 0 Å². The molecule has 8 heteroatoms. The van der Waals surface area contributed by atoms with Crippen molar-refractivity contribution in [2.24, 2.45) is 5.92 Å². The van der Waals surface area contributed by atoms with Crippen LogP contribution in [0.3, 0.4) is 0 Å². The van der Waals surface area contributed by atoms with E-state index in [0.29, 0.717) is 38.9 Å². The zero-order chi connectivity index (χ0) is 15.6. The van der Waals surface area contributed by atoms with Crippen molar-refractivity contribution in [2.45, 2.75) is 31.7 Å². The summed E-state index contributed by atoms with van der Waals surface area (Å²) in [5, 5.41) is 0. The Balaban J connectivity index is 2.07. The third-order valence-electron chi connectivity index (χ3n) is 4.18. The monoisotopic (exact) mass is 318 g/mol. The Morgan fingerprint density at radius 2 is 1.81 bits per heavy atom. The van der Waals surface area contributed by atoms with Crippen LogP contribution in [0.15, 0.2) is 0 Å². The van der Waals surface area contributed by atoms with E-state index in [-0.39, 0.29) is 17.8 Å². The van der Waals surface area contributed by atoms with Gasteiger partial charge in [0.1, 0.15) is 6.04 Å². The van der Waals surface area contributed by atoms with Gasteiger partial charge in [-0.3, -0.25) is 9.59 Å². The Morgan fingerprint density at radius 3 is 2.43 bits per heavy atom. The molecule has 0 aromatic heterocycles. The topological polar surface area (TPSA) is 84.0 Å². The summed E-state index contributed by atoms with van der Waals surface area (Å²) in [5.41, 5.74) is 0. The zero-order valence-corrected chi connectivity index (χ0v) is 13.3. The van der Waals surface area contributed by atoms with Gasteiger partial charge in [-0.05, 0) is 25.7 Å². The Labute approximate surface area is 125 Å². The second-order valence-corrected chi connectivity index (χ2v) is 7.61. The minimum Gasteiger partial charge on any atom is -0.469 e. The first-order valence-electron chi connectivity index (χ1n) is 7.18. The number of amides is 1. The van der Waals surface area contributed by atoms with E-state index in [9.17, 15) is 18.0 Å². The molecule has 0 aromatic carbocycles. The maximum Gasteiger partial charge on any atom is 0.310 e. The lowest BCUT2D eigenvalue weighted by molar-refractivity contribution is -0.149. The molecule has 120 valence electrons. The maximum atomic E-state index is 12.6. The largest absolute Gasteiger partial charge is 0.469 e. The van der Waals surface area contributed by atoms with Crippen molar-refractivity contribution in [2.75, 3.05) is 33.0 Å². The third kappa shape index (κ3) is 3.55. The van der Waals surface area contributed by atoms with Gasteiger partial charge in [0.05, 0.1) is 19.3 Å². The quantitative estimate of drug-likeness (QED) is 0.674. The molecule has 21 heavy (non-hydrogen) atoms. The lowest BCUT2D eigenvalue weighted by atomic mass is 9.97. The van der Waals surface area contributed by atoms with Crippen LogP contribution in [0, 0.1) is 5.92 Å². The number of methoxy groups -OCH3 is 1. The third-order valence-corrected chi connectivity index (χ3v) is 5.47. The summed E-state index contributed by atoms with van der Waals surface area (Å²) < 4.78 is 29.5. The van der Waals surface area contributed by atoms with Crippen molar-refractivity contribution in [3.8, 4) is 0 Å². The Kier molecular flexibility index (Phi) is 4.88. The number of sulfonamides is 1. The molecule has 0 spiro atoms. The van der Waals surface area contributed by atoms with Crippen molar-refractivity contribution in [1.29, 1.82) is 0 Å². The number of ether oxygens (including phenoxy) is 1. The van der Waals surface area contributed by atoms with Gasteiger partial charge in [-0.2, -0.15) is 4.31 Å². The molecule has 0 radical (unpaired) electrons. The molecular formula is C13H22N2O5S. The van der Waals surface area contributed by atoms with Crippen LogP contribution in [0.1, 0.15) is 25.7 Å². The highest BCUT2D eigenvalue weighted by molar-refractivity contribution is 7.88. The van der Waals surface area contributed by atoms with Crippen LogP contribution in [-0.4, -0.2) is 68.5 Å². The number of hydrogen-bond donors (Lipinski definition) is 0. The van der Waals surface area contributed by atoms with Crippen molar-refractivity contribution in [1.82, 2.24) is 9.21 Å². The number of carbonyl (C=O) groups is 2. The molecule has 2 aliphatic rings. The molecule has 2 atom stereocenters. The number of piperidine rings is 1. The van der Waals surface area contributed by atoms with Gasteiger partial charge in [0, 0.05) is 19.6 Å². The summed E-state index contributed by atoms with van der Waals surface area (Å²) in [6.07, 6.45) is 3.81. The fourth-order valence-corrected chi connectivity index (χ4v) is 4.25. The van der Waals surface area contributed by atoms with Crippen LogP contribution in [0.5, 0.6) is 0 Å². The van der Waals surface area contributed by atoms with Gasteiger partial charge in [-0.1, -0.05) is 0 Å². The molecule has 0 saturated carbocycles. The molecule has 0 bridgehead atoms. The van der Waals surface area contributed by atoms with E-state index in [4.69, 9.17) is 4.74 Å². The number of rotatable bonds is 3. The van der Waals surface area contributed by atoms with E-state index in [1.54, 1.807) is 4.90 Å². The average molecular weight is 318 g/mol. The van der Waals surface area contributed by atoms with Gasteiger partial charge in [0.25, 0.3) is 0 Å². The van der Waals surface area contributed by atoms with Crippen LogP contribution >= 0.6 is 0 Å². The molecule has 2 rings (SSSR count). The first kappa shape index (κ1) is 16.2. The Morgan fingerprint density at radius 1 is 1.14 bits per heavy atom. The normalized spacial score (nSPS) is 27.6. The minimum atomic E-state index is -3.38. The standard InChI is InChI=1S/C13H22N2O5S/c1-20-13(17)10-5-3-7-14(9-10)12(16)11-6-4-8-15(11)21(2,18)19/h10-11H,3-9H2,1-2H3/t10-,11?/m0/s1. The van der Waals surface area contributed by atoms with E-state index >= 15 is 0 Å². The second-order valence-electron chi connectivity index (χ2n) is 5.68. The van der Waals surface area contributed by atoms with Crippen LogP contribution in [-0.2, 0) is 24.3 Å². The average Bonchev–Trinajstić information content (AvgIpc) is 2.95. The van der Waals surface area contributed by atoms with Crippen molar-refractivity contribution >= 4 is 21.9 Å². The first-order chi connectivity index (χ1) is 9.84. The van der Waals surface area contributed by atoms with Crippen molar-refractivity contribution in [3.05, 3.63) is 0 Å². The number of esters is 1. The van der Waals surface area contributed by atoms with E-state index in [1.807, 2.05) is 0 Å². The van der Waals surface area contributed by atoms with Crippen LogP contribution in [0.4, 0.5) is 0 Å². The fourth-order valence-electron chi connectivity index (χ4n) is 3.13. The molecule has 0 N–H and O–H groups in total. The van der Waals surface area contributed by atoms with E-state index in [1.165, 1.54) is 11.4 Å². The van der Waals surface area contributed by atoms with Crippen LogP contribution < -0.4 is 0 Å². The molecule has 2 aliphatic heterocycles. The molecule has 1 amide bonds. The lowest BCUT2D eigenvalue weighted by Crippen LogP contribution is -2.51. The maximum absolute atomic E-state index is 12.6. The van der Waals surface area contributed by atoms with Crippen molar-refractivity contribution < 1.29 is 22.7 Å². The zero-order valence-electron chi connectivity index (χ0n) is 12.4. The summed E-state index contributed by atoms with van der Waals surface area (Å²) in [5.74, 6) is -0.800. The number of nitrogens with zero attached hydrogens (tertiary/aromatic N) is 2. The predicted molar refractivity (Wildman–Crippen MR) is 75.9 cm³/mol. The number of carbonyl (C=O) groups excluding carboxylic acids is 2. The molecule has 2 fully saturated rings. The Hall–Kier alpha value is -1.15. The smallest absolute Gasteiger partial charge is 0.310 e. The van der Waals surface area contributed by atoms with E-state index in [0.717, 1.165) is 12.7 Å². The SMILES string of the molecule is COC(=O)[C@H]1CCCN(C(=O)C2CCCN2S(C)(=O)=O)C1. The van der Waals surface area contributed by atoms with Gasteiger partial charge in [-0.15, -0.1) is 0 Å². The Bertz CT molecular complexity index is 519. The predicted octanol–water partition coefficient (Wildman–Crippen LogP) is -0.178. The highest BCUT2D eigenvalue weighted by Gasteiger charge is 2.40. The van der Waals surface area contributed by atoms with Gasteiger partial charge >= 0.3 is 5.97 Å². The van der Waals surface area contributed by atoms with Gasteiger partial charge in [0.2, 0.25) is 15.9 Å². The van der Waals surface area contributed by atoms with E-state index in [2.05, 4.69) is 0 Å². The molecule has 7 nitrogen and oxygen atoms in total. The molecule has 1 unspecified atom stereocenters. The molecule has 2 saturated heterocycles.